The molecule has 1 N–H and O–H groups in total. The van der Waals surface area contributed by atoms with Gasteiger partial charge in [-0.05, 0) is 56.9 Å². The van der Waals surface area contributed by atoms with Crippen molar-refractivity contribution in [2.45, 2.75) is 56.8 Å². The van der Waals surface area contributed by atoms with Crippen LogP contribution in [0.25, 0.3) is 22.5 Å². The number of sulfonamides is 1. The molecule has 0 bridgehead atoms. The van der Waals surface area contributed by atoms with Gasteiger partial charge in [-0.3, -0.25) is 4.79 Å². The van der Waals surface area contributed by atoms with Crippen LogP contribution in [0.3, 0.4) is 0 Å². The van der Waals surface area contributed by atoms with Gasteiger partial charge in [0.25, 0.3) is 10.0 Å². The van der Waals surface area contributed by atoms with Gasteiger partial charge in [-0.1, -0.05) is 84.6 Å². The highest BCUT2D eigenvalue weighted by Crippen LogP contribution is 2.35. The minimum Gasteiger partial charge on any atom is -0.355 e. The monoisotopic (exact) mass is 602 g/mol. The van der Waals surface area contributed by atoms with Gasteiger partial charge in [0.15, 0.2) is 5.82 Å². The number of halogens is 1. The second-order valence-corrected chi connectivity index (χ2v) is 12.8. The van der Waals surface area contributed by atoms with Gasteiger partial charge in [-0.15, -0.1) is 0 Å². The second-order valence-electron chi connectivity index (χ2n) is 10.7. The number of fused-ring (bicyclic) bond motifs is 1. The maximum absolute atomic E-state index is 12.3. The van der Waals surface area contributed by atoms with Gasteiger partial charge < -0.3 is 4.90 Å². The normalized spacial score (nSPS) is 13.0. The highest BCUT2D eigenvalue weighted by Gasteiger charge is 2.24. The molecule has 5 rings (SSSR count). The van der Waals surface area contributed by atoms with Crippen LogP contribution < -0.4 is 9.62 Å². The summed E-state index contributed by atoms with van der Waals surface area (Å²) in [6.45, 7) is 3.84. The number of benzene rings is 3. The number of rotatable bonds is 11. The van der Waals surface area contributed by atoms with Crippen LogP contribution in [-0.4, -0.2) is 37.4 Å². The number of nitrogens with zero attached hydrogens (tertiary/aromatic N) is 3. The van der Waals surface area contributed by atoms with Gasteiger partial charge in [0.05, 0.1) is 22.0 Å². The fraction of sp³-hybridized carbons (Fsp3) is 0.303. The number of carbonyl (C=O) groups excluding carboxylic acids is 1. The van der Waals surface area contributed by atoms with Crippen molar-refractivity contribution >= 4 is 33.3 Å². The van der Waals surface area contributed by atoms with E-state index in [4.69, 9.17) is 21.6 Å². The van der Waals surface area contributed by atoms with Crippen LogP contribution in [0.1, 0.15) is 49.8 Å². The zero-order valence-electron chi connectivity index (χ0n) is 23.7. The molecule has 3 aromatic carbocycles. The average molecular weight is 603 g/mol. The summed E-state index contributed by atoms with van der Waals surface area (Å²) in [5, 5.41) is 0.679. The molecule has 0 aliphatic carbocycles. The lowest BCUT2D eigenvalue weighted by Gasteiger charge is -2.30. The molecule has 0 radical (unpaired) electrons. The Bertz CT molecular complexity index is 1630. The van der Waals surface area contributed by atoms with Gasteiger partial charge >= 0.3 is 0 Å². The molecular formula is C33H35ClN4O3S. The molecule has 2 heterocycles. The summed E-state index contributed by atoms with van der Waals surface area (Å²) in [7, 11) is -3.82. The van der Waals surface area contributed by atoms with Crippen LogP contribution >= 0.6 is 11.6 Å². The Kier molecular flexibility index (Phi) is 9.55. The molecule has 0 fully saturated rings. The Balaban J connectivity index is 1.21. The molecule has 1 aliphatic rings. The van der Waals surface area contributed by atoms with E-state index in [1.165, 1.54) is 17.7 Å². The molecule has 0 unspecified atom stereocenters. The molecule has 9 heteroatoms. The summed E-state index contributed by atoms with van der Waals surface area (Å²) in [6.07, 6.45) is 5.44. The molecule has 7 nitrogen and oxygen atoms in total. The predicted molar refractivity (Wildman–Crippen MR) is 168 cm³/mol. The summed E-state index contributed by atoms with van der Waals surface area (Å²) in [4.78, 5) is 25.0. The number of carbonyl (C=O) groups is 1. The third-order valence-corrected chi connectivity index (χ3v) is 9.06. The Morgan fingerprint density at radius 3 is 2.21 bits per heavy atom. The van der Waals surface area contributed by atoms with Gasteiger partial charge in [0, 0.05) is 35.7 Å². The van der Waals surface area contributed by atoms with Crippen LogP contribution in [0.15, 0.2) is 83.8 Å². The number of aryl methyl sites for hydroxylation is 2. The number of hydrogen-bond acceptors (Lipinski definition) is 6. The van der Waals surface area contributed by atoms with Crippen molar-refractivity contribution in [3.8, 4) is 22.5 Å². The first-order valence-corrected chi connectivity index (χ1v) is 16.3. The number of anilines is 1. The highest BCUT2D eigenvalue weighted by molar-refractivity contribution is 7.90. The van der Waals surface area contributed by atoms with Crippen LogP contribution in [0.5, 0.6) is 0 Å². The molecule has 4 aromatic rings. The van der Waals surface area contributed by atoms with E-state index in [2.05, 4.69) is 40.8 Å². The molecule has 1 amide bonds. The first-order valence-electron chi connectivity index (χ1n) is 14.4. The molecule has 0 saturated carbocycles. The molecule has 0 spiro atoms. The van der Waals surface area contributed by atoms with Crippen LogP contribution in [0, 0.1) is 6.92 Å². The number of nitrogens with one attached hydrogen (secondary N) is 1. The van der Waals surface area contributed by atoms with E-state index in [-0.39, 0.29) is 11.3 Å². The Labute approximate surface area is 253 Å². The summed E-state index contributed by atoms with van der Waals surface area (Å²) in [5.41, 5.74) is 5.96. The quantitative estimate of drug-likeness (QED) is 0.186. The van der Waals surface area contributed by atoms with Crippen molar-refractivity contribution in [3.05, 3.63) is 95.1 Å². The van der Waals surface area contributed by atoms with Crippen molar-refractivity contribution in [1.82, 2.24) is 14.7 Å². The zero-order valence-corrected chi connectivity index (χ0v) is 25.3. The second kappa shape index (κ2) is 13.5. The average Bonchev–Trinajstić information content (AvgIpc) is 2.99. The summed E-state index contributed by atoms with van der Waals surface area (Å²) >= 11 is 6.18. The van der Waals surface area contributed by atoms with E-state index >= 15 is 0 Å². The number of unbranched alkanes of at least 4 members (excludes halogenated alkanes) is 3. The maximum atomic E-state index is 12.3. The Hall–Kier alpha value is -3.75. The summed E-state index contributed by atoms with van der Waals surface area (Å²) in [6, 6.07) is 24.1. The zero-order chi connectivity index (χ0) is 29.5. The molecule has 218 valence electrons. The smallest absolute Gasteiger partial charge is 0.264 e. The molecule has 0 atom stereocenters. The predicted octanol–water partition coefficient (Wildman–Crippen LogP) is 6.98. The minimum absolute atomic E-state index is 0.0912. The first kappa shape index (κ1) is 29.7. The van der Waals surface area contributed by atoms with Gasteiger partial charge in [-0.2, -0.15) is 0 Å². The lowest BCUT2D eigenvalue weighted by Crippen LogP contribution is -2.32. The third-order valence-electron chi connectivity index (χ3n) is 7.41. The van der Waals surface area contributed by atoms with Gasteiger partial charge in [0.1, 0.15) is 0 Å². The highest BCUT2D eigenvalue weighted by atomic mass is 35.5. The summed E-state index contributed by atoms with van der Waals surface area (Å²) in [5.74, 6) is 0.464. The topological polar surface area (TPSA) is 92.3 Å². The largest absolute Gasteiger partial charge is 0.355 e. The van der Waals surface area contributed by atoms with Crippen molar-refractivity contribution < 1.29 is 13.2 Å². The van der Waals surface area contributed by atoms with E-state index < -0.39 is 15.9 Å². The lowest BCUT2D eigenvalue weighted by atomic mass is 10.0. The van der Waals surface area contributed by atoms with Crippen LogP contribution in [0.2, 0.25) is 5.02 Å². The number of amides is 1. The van der Waals surface area contributed by atoms with Gasteiger partial charge in [0.2, 0.25) is 5.91 Å². The number of hydrogen-bond donors (Lipinski definition) is 1. The van der Waals surface area contributed by atoms with Crippen molar-refractivity contribution in [2.75, 3.05) is 18.0 Å². The van der Waals surface area contributed by atoms with Crippen LogP contribution in [-0.2, 0) is 21.2 Å². The molecule has 1 aliphatic heterocycles. The maximum Gasteiger partial charge on any atom is 0.264 e. The third kappa shape index (κ3) is 7.36. The lowest BCUT2D eigenvalue weighted by molar-refractivity contribution is -0.119. The summed E-state index contributed by atoms with van der Waals surface area (Å²) < 4.78 is 26.9. The van der Waals surface area contributed by atoms with E-state index in [0.717, 1.165) is 79.2 Å². The minimum atomic E-state index is -3.82. The van der Waals surface area contributed by atoms with E-state index in [1.807, 2.05) is 24.3 Å². The van der Waals surface area contributed by atoms with E-state index in [9.17, 15) is 13.2 Å². The first-order chi connectivity index (χ1) is 20.3. The van der Waals surface area contributed by atoms with Crippen molar-refractivity contribution in [1.29, 1.82) is 0 Å². The fourth-order valence-corrected chi connectivity index (χ4v) is 6.33. The molecule has 0 saturated heterocycles. The van der Waals surface area contributed by atoms with Crippen LogP contribution in [0.4, 0.5) is 5.82 Å². The molecular weight excluding hydrogens is 568 g/mol. The Morgan fingerprint density at radius 1 is 0.857 bits per heavy atom. The molecule has 1 aromatic heterocycles. The van der Waals surface area contributed by atoms with E-state index in [0.29, 0.717) is 11.4 Å². The fourth-order valence-electron chi connectivity index (χ4n) is 5.17. The standard InChI is InChI=1S/C33H35ClN4O3S/c1-24-14-16-25(17-15-24)31-32(26-18-20-27(34)21-19-26)36-33-29(35-31)12-9-23-38(33)22-8-3-2-7-13-30(39)37-42(40,41)28-10-5-4-6-11-28/h4-6,10-11,14-21H,2-3,7-9,12-13,22-23H2,1H3,(H,37,39). The van der Waals surface area contributed by atoms with Crippen molar-refractivity contribution in [2.24, 2.45) is 0 Å². The Morgan fingerprint density at radius 2 is 1.50 bits per heavy atom. The van der Waals surface area contributed by atoms with Gasteiger partial charge in [-0.25, -0.2) is 23.1 Å². The molecule has 42 heavy (non-hydrogen) atoms. The number of aromatic nitrogens is 2. The SMILES string of the molecule is Cc1ccc(-c2nc3c(nc2-c2ccc(Cl)cc2)N(CCCCCCC(=O)NS(=O)(=O)c2ccccc2)CCC3)cc1. The van der Waals surface area contributed by atoms with Crippen molar-refractivity contribution in [3.63, 3.8) is 0 Å². The van der Waals surface area contributed by atoms with E-state index in [1.54, 1.807) is 18.2 Å².